The summed E-state index contributed by atoms with van der Waals surface area (Å²) in [4.78, 5) is 14.2. The molecule has 0 fully saturated rings. The standard InChI is InChI=1S/C16H26N2O3/c1-11(2)14(17)8-9-18(3)16(19)13-10-12(20-4)6-7-15(13)21-5/h6-7,10-11,14H,8-9,17H2,1-5H3. The van der Waals surface area contributed by atoms with Crippen molar-refractivity contribution in [3.8, 4) is 11.5 Å². The first-order valence-electron chi connectivity index (χ1n) is 7.13. The van der Waals surface area contributed by atoms with E-state index in [9.17, 15) is 4.79 Å². The Bertz CT molecular complexity index is 475. The average molecular weight is 294 g/mol. The lowest BCUT2D eigenvalue weighted by Crippen LogP contribution is -2.34. The van der Waals surface area contributed by atoms with Gasteiger partial charge in [0, 0.05) is 19.6 Å². The van der Waals surface area contributed by atoms with Gasteiger partial charge in [0.2, 0.25) is 0 Å². The molecule has 0 saturated carbocycles. The zero-order valence-corrected chi connectivity index (χ0v) is 13.6. The number of hydrogen-bond acceptors (Lipinski definition) is 4. The molecule has 1 unspecified atom stereocenters. The summed E-state index contributed by atoms with van der Waals surface area (Å²) in [5.41, 5.74) is 6.52. The van der Waals surface area contributed by atoms with Gasteiger partial charge in [0.05, 0.1) is 19.8 Å². The van der Waals surface area contributed by atoms with Gasteiger partial charge in [-0.1, -0.05) is 13.8 Å². The lowest BCUT2D eigenvalue weighted by atomic mass is 10.0. The third kappa shape index (κ3) is 4.63. The number of hydrogen-bond donors (Lipinski definition) is 1. The number of carbonyl (C=O) groups excluding carboxylic acids is 1. The third-order valence-electron chi connectivity index (χ3n) is 3.64. The van der Waals surface area contributed by atoms with Gasteiger partial charge in [-0.3, -0.25) is 4.79 Å². The number of amides is 1. The van der Waals surface area contributed by atoms with Crippen LogP contribution in [-0.2, 0) is 0 Å². The minimum absolute atomic E-state index is 0.0902. The third-order valence-corrected chi connectivity index (χ3v) is 3.64. The second-order valence-corrected chi connectivity index (χ2v) is 5.49. The molecule has 0 bridgehead atoms. The molecule has 0 aliphatic heterocycles. The van der Waals surface area contributed by atoms with Crippen LogP contribution in [0.2, 0.25) is 0 Å². The lowest BCUT2D eigenvalue weighted by molar-refractivity contribution is 0.0785. The predicted molar refractivity (Wildman–Crippen MR) is 83.9 cm³/mol. The molecule has 1 rings (SSSR count). The van der Waals surface area contributed by atoms with Gasteiger partial charge in [0.25, 0.3) is 5.91 Å². The summed E-state index contributed by atoms with van der Waals surface area (Å²) in [6, 6.07) is 5.29. The topological polar surface area (TPSA) is 64.8 Å². The molecule has 118 valence electrons. The van der Waals surface area contributed by atoms with Crippen LogP contribution >= 0.6 is 0 Å². The van der Waals surface area contributed by atoms with Crippen molar-refractivity contribution >= 4 is 5.91 Å². The molecule has 0 radical (unpaired) electrons. The highest BCUT2D eigenvalue weighted by atomic mass is 16.5. The molecule has 0 aromatic heterocycles. The highest BCUT2D eigenvalue weighted by Gasteiger charge is 2.18. The van der Waals surface area contributed by atoms with E-state index in [2.05, 4.69) is 13.8 Å². The fourth-order valence-corrected chi connectivity index (χ4v) is 1.96. The summed E-state index contributed by atoms with van der Waals surface area (Å²) < 4.78 is 10.4. The number of nitrogens with two attached hydrogens (primary N) is 1. The fourth-order valence-electron chi connectivity index (χ4n) is 1.96. The number of carbonyl (C=O) groups is 1. The fraction of sp³-hybridized carbons (Fsp3) is 0.562. The molecule has 21 heavy (non-hydrogen) atoms. The van der Waals surface area contributed by atoms with Gasteiger partial charge in [0.15, 0.2) is 0 Å². The van der Waals surface area contributed by atoms with Crippen molar-refractivity contribution in [2.75, 3.05) is 27.8 Å². The molecule has 0 spiro atoms. The van der Waals surface area contributed by atoms with E-state index in [1.165, 1.54) is 0 Å². The Morgan fingerprint density at radius 3 is 2.48 bits per heavy atom. The normalized spacial score (nSPS) is 12.1. The number of methoxy groups -OCH3 is 2. The monoisotopic (exact) mass is 294 g/mol. The highest BCUT2D eigenvalue weighted by molar-refractivity contribution is 5.97. The quantitative estimate of drug-likeness (QED) is 0.837. The van der Waals surface area contributed by atoms with Gasteiger partial charge < -0.3 is 20.1 Å². The maximum absolute atomic E-state index is 12.5. The van der Waals surface area contributed by atoms with E-state index in [-0.39, 0.29) is 11.9 Å². The van der Waals surface area contributed by atoms with Crippen LogP contribution in [0.3, 0.4) is 0 Å². The van der Waals surface area contributed by atoms with Crippen molar-refractivity contribution in [1.82, 2.24) is 4.90 Å². The molecule has 0 saturated heterocycles. The van der Waals surface area contributed by atoms with Gasteiger partial charge in [-0.2, -0.15) is 0 Å². The van der Waals surface area contributed by atoms with E-state index >= 15 is 0 Å². The number of ether oxygens (including phenoxy) is 2. The van der Waals surface area contributed by atoms with E-state index in [4.69, 9.17) is 15.2 Å². The van der Waals surface area contributed by atoms with Crippen molar-refractivity contribution < 1.29 is 14.3 Å². The Labute approximate surface area is 127 Å². The van der Waals surface area contributed by atoms with Crippen LogP contribution in [0.4, 0.5) is 0 Å². The minimum Gasteiger partial charge on any atom is -0.497 e. The molecule has 5 nitrogen and oxygen atoms in total. The maximum atomic E-state index is 12.5. The Morgan fingerprint density at radius 1 is 1.29 bits per heavy atom. The molecular weight excluding hydrogens is 268 g/mol. The van der Waals surface area contributed by atoms with Gasteiger partial charge >= 0.3 is 0 Å². The van der Waals surface area contributed by atoms with Gasteiger partial charge in [-0.05, 0) is 30.5 Å². The largest absolute Gasteiger partial charge is 0.497 e. The molecule has 2 N–H and O–H groups in total. The number of nitrogens with zero attached hydrogens (tertiary/aromatic N) is 1. The summed E-state index contributed by atoms with van der Waals surface area (Å²) in [5.74, 6) is 1.48. The van der Waals surface area contributed by atoms with Crippen LogP contribution in [0.15, 0.2) is 18.2 Å². The summed E-state index contributed by atoms with van der Waals surface area (Å²) >= 11 is 0. The second-order valence-electron chi connectivity index (χ2n) is 5.49. The van der Waals surface area contributed by atoms with E-state index in [1.54, 1.807) is 44.4 Å². The van der Waals surface area contributed by atoms with Gasteiger partial charge in [-0.25, -0.2) is 0 Å². The van der Waals surface area contributed by atoms with E-state index in [0.29, 0.717) is 29.5 Å². The molecule has 5 heteroatoms. The van der Waals surface area contributed by atoms with E-state index in [1.807, 2.05) is 0 Å². The number of benzene rings is 1. The Balaban J connectivity index is 2.82. The molecular formula is C16H26N2O3. The van der Waals surface area contributed by atoms with Crippen molar-refractivity contribution in [1.29, 1.82) is 0 Å². The molecule has 1 atom stereocenters. The van der Waals surface area contributed by atoms with Crippen LogP contribution < -0.4 is 15.2 Å². The smallest absolute Gasteiger partial charge is 0.257 e. The molecule has 0 heterocycles. The van der Waals surface area contributed by atoms with E-state index in [0.717, 1.165) is 6.42 Å². The van der Waals surface area contributed by atoms with Crippen LogP contribution in [0.25, 0.3) is 0 Å². The summed E-state index contributed by atoms with van der Waals surface area (Å²) in [6.45, 7) is 4.77. The van der Waals surface area contributed by atoms with Crippen molar-refractivity contribution in [3.05, 3.63) is 23.8 Å². The van der Waals surface area contributed by atoms with Gasteiger partial charge in [-0.15, -0.1) is 0 Å². The van der Waals surface area contributed by atoms with Gasteiger partial charge in [0.1, 0.15) is 11.5 Å². The van der Waals surface area contributed by atoms with Crippen LogP contribution in [0.1, 0.15) is 30.6 Å². The van der Waals surface area contributed by atoms with Crippen molar-refractivity contribution in [2.45, 2.75) is 26.3 Å². The first-order valence-corrected chi connectivity index (χ1v) is 7.13. The summed E-state index contributed by atoms with van der Waals surface area (Å²) in [6.07, 6.45) is 0.770. The van der Waals surface area contributed by atoms with Crippen molar-refractivity contribution in [2.24, 2.45) is 11.7 Å². The minimum atomic E-state index is -0.0956. The molecule has 1 aromatic rings. The maximum Gasteiger partial charge on any atom is 0.257 e. The molecule has 0 aliphatic carbocycles. The molecule has 0 aliphatic rings. The zero-order chi connectivity index (χ0) is 16.0. The van der Waals surface area contributed by atoms with Crippen LogP contribution in [-0.4, -0.2) is 44.7 Å². The number of rotatable bonds is 7. The summed E-state index contributed by atoms with van der Waals surface area (Å²) in [5, 5.41) is 0. The highest BCUT2D eigenvalue weighted by Crippen LogP contribution is 2.25. The lowest BCUT2D eigenvalue weighted by Gasteiger charge is -2.22. The Morgan fingerprint density at radius 2 is 1.95 bits per heavy atom. The van der Waals surface area contributed by atoms with Crippen molar-refractivity contribution in [3.63, 3.8) is 0 Å². The SMILES string of the molecule is COc1ccc(OC)c(C(=O)N(C)CCC(N)C(C)C)c1. The first-order chi connectivity index (χ1) is 9.90. The molecule has 1 amide bonds. The van der Waals surface area contributed by atoms with E-state index < -0.39 is 0 Å². The predicted octanol–water partition coefficient (Wildman–Crippen LogP) is 2.15. The first kappa shape index (κ1) is 17.3. The molecule has 1 aromatic carbocycles. The van der Waals surface area contributed by atoms with Crippen LogP contribution in [0, 0.1) is 5.92 Å². The Kier molecular flexibility index (Phi) is 6.49. The summed E-state index contributed by atoms with van der Waals surface area (Å²) in [7, 11) is 4.89. The average Bonchev–Trinajstić information content (AvgIpc) is 2.50. The van der Waals surface area contributed by atoms with Crippen LogP contribution in [0.5, 0.6) is 11.5 Å². The zero-order valence-electron chi connectivity index (χ0n) is 13.6. The Hall–Kier alpha value is -1.75. The second kappa shape index (κ2) is 7.88.